The minimum Gasteiger partial charge on any atom is -0.399 e. The summed E-state index contributed by atoms with van der Waals surface area (Å²) < 4.78 is 81.5. The second-order valence-electron chi connectivity index (χ2n) is 12.1. The molecule has 0 bridgehead atoms. The highest BCUT2D eigenvalue weighted by Crippen LogP contribution is 2.39. The van der Waals surface area contributed by atoms with Crippen LogP contribution in [0.2, 0.25) is 0 Å². The molecule has 1 atom stereocenters. The van der Waals surface area contributed by atoms with E-state index in [1.807, 2.05) is 60.0 Å². The third kappa shape index (κ3) is 8.72. The highest BCUT2D eigenvalue weighted by atomic mass is 32.1. The summed E-state index contributed by atoms with van der Waals surface area (Å²) in [6.07, 6.45) is -8.45. The van der Waals surface area contributed by atoms with E-state index in [1.165, 1.54) is 14.2 Å². The first-order valence-electron chi connectivity index (χ1n) is 15.6. The van der Waals surface area contributed by atoms with Gasteiger partial charge in [-0.1, -0.05) is 53.7 Å². The van der Waals surface area contributed by atoms with E-state index >= 15 is 0 Å². The lowest BCUT2D eigenvalue weighted by atomic mass is 9.84. The molecule has 0 saturated carbocycles. The van der Waals surface area contributed by atoms with Crippen LogP contribution in [0.4, 0.5) is 36.8 Å². The number of carbonyl (C=O) groups is 1. The molecule has 5 rings (SSSR count). The van der Waals surface area contributed by atoms with Crippen LogP contribution in [0, 0.1) is 0 Å². The summed E-state index contributed by atoms with van der Waals surface area (Å²) in [5.74, 6) is -0.355. The summed E-state index contributed by atoms with van der Waals surface area (Å²) in [4.78, 5) is 21.8. The number of urea groups is 1. The van der Waals surface area contributed by atoms with Gasteiger partial charge in [-0.2, -0.15) is 26.3 Å². The lowest BCUT2D eigenvalue weighted by Gasteiger charge is -2.39. The molecule has 4 aromatic rings. The first-order valence-corrected chi connectivity index (χ1v) is 16.4. The SMILES string of the molecule is CO/N=C(\CN(C)C(=O)Nc1cc(C(F)(F)F)cc(C(F)(F)F)c1)C(CCN1CCC(O)(c2ccccc2)CC1)c1csc2ccccc12. The van der Waals surface area contributed by atoms with Crippen molar-refractivity contribution in [1.29, 1.82) is 0 Å². The van der Waals surface area contributed by atoms with Gasteiger partial charge in [0, 0.05) is 36.4 Å². The number of piperidine rings is 1. The number of nitrogens with zero attached hydrogens (tertiary/aromatic N) is 3. The van der Waals surface area contributed by atoms with E-state index in [0.717, 1.165) is 26.1 Å². The number of carbonyl (C=O) groups excluding carboxylic acids is 1. The van der Waals surface area contributed by atoms with Gasteiger partial charge in [-0.3, -0.25) is 0 Å². The Bertz CT molecular complexity index is 1740. The molecule has 0 radical (unpaired) electrons. The summed E-state index contributed by atoms with van der Waals surface area (Å²) in [5.41, 5.74) is -2.35. The van der Waals surface area contributed by atoms with Crippen LogP contribution in [0.15, 0.2) is 83.3 Å². The van der Waals surface area contributed by atoms with E-state index < -0.39 is 40.8 Å². The molecule has 2 amide bonds. The Balaban J connectivity index is 1.35. The van der Waals surface area contributed by atoms with Gasteiger partial charge in [0.1, 0.15) is 7.11 Å². The molecule has 1 aliphatic heterocycles. The van der Waals surface area contributed by atoms with Gasteiger partial charge in [0.15, 0.2) is 0 Å². The lowest BCUT2D eigenvalue weighted by molar-refractivity contribution is -0.143. The molecule has 7 nitrogen and oxygen atoms in total. The maximum absolute atomic E-state index is 13.4. The number of nitrogens with one attached hydrogen (secondary N) is 1. The van der Waals surface area contributed by atoms with Crippen molar-refractivity contribution < 1.29 is 41.1 Å². The first-order chi connectivity index (χ1) is 23.2. The molecule has 262 valence electrons. The summed E-state index contributed by atoms with van der Waals surface area (Å²) in [7, 11) is 2.73. The number of amides is 2. The average molecular weight is 707 g/mol. The van der Waals surface area contributed by atoms with E-state index in [0.29, 0.717) is 56.7 Å². The van der Waals surface area contributed by atoms with Crippen LogP contribution >= 0.6 is 11.3 Å². The second-order valence-corrected chi connectivity index (χ2v) is 13.0. The van der Waals surface area contributed by atoms with E-state index in [2.05, 4.69) is 15.4 Å². The van der Waals surface area contributed by atoms with Gasteiger partial charge in [0.25, 0.3) is 0 Å². The maximum Gasteiger partial charge on any atom is 0.416 e. The fourth-order valence-corrected chi connectivity index (χ4v) is 7.16. The highest BCUT2D eigenvalue weighted by molar-refractivity contribution is 7.17. The Kier molecular flexibility index (Phi) is 10.9. The molecule has 2 N–H and O–H groups in total. The maximum atomic E-state index is 13.4. The molecular weight excluding hydrogens is 670 g/mol. The molecule has 0 aliphatic carbocycles. The number of anilines is 1. The van der Waals surface area contributed by atoms with Gasteiger partial charge < -0.3 is 25.1 Å². The number of likely N-dealkylation sites (tertiary alicyclic amines) is 1. The molecule has 1 saturated heterocycles. The van der Waals surface area contributed by atoms with Crippen LogP contribution in [0.3, 0.4) is 0 Å². The van der Waals surface area contributed by atoms with Crippen LogP contribution in [0.1, 0.15) is 47.4 Å². The van der Waals surface area contributed by atoms with Crippen molar-refractivity contribution in [2.45, 2.75) is 43.1 Å². The number of halogens is 6. The van der Waals surface area contributed by atoms with Gasteiger partial charge in [-0.15, -0.1) is 11.3 Å². The fourth-order valence-electron chi connectivity index (χ4n) is 6.15. The van der Waals surface area contributed by atoms with Crippen molar-refractivity contribution in [3.63, 3.8) is 0 Å². The Hall–Kier alpha value is -4.14. The Labute approximate surface area is 283 Å². The van der Waals surface area contributed by atoms with Crippen molar-refractivity contribution in [1.82, 2.24) is 9.80 Å². The van der Waals surface area contributed by atoms with Crippen LogP contribution in [-0.2, 0) is 22.8 Å². The zero-order valence-electron chi connectivity index (χ0n) is 26.8. The monoisotopic (exact) mass is 706 g/mol. The van der Waals surface area contributed by atoms with Gasteiger partial charge in [0.05, 0.1) is 29.0 Å². The summed E-state index contributed by atoms with van der Waals surface area (Å²) in [5, 5.41) is 20.8. The van der Waals surface area contributed by atoms with Crippen LogP contribution in [-0.4, -0.2) is 67.0 Å². The van der Waals surface area contributed by atoms with E-state index in [4.69, 9.17) is 4.84 Å². The molecule has 14 heteroatoms. The van der Waals surface area contributed by atoms with Crippen molar-refractivity contribution in [2.24, 2.45) is 5.16 Å². The van der Waals surface area contributed by atoms with E-state index in [-0.39, 0.29) is 18.5 Å². The topological polar surface area (TPSA) is 77.4 Å². The van der Waals surface area contributed by atoms with E-state index in [1.54, 1.807) is 11.3 Å². The van der Waals surface area contributed by atoms with Crippen molar-refractivity contribution in [2.75, 3.05) is 45.7 Å². The predicted molar refractivity (Wildman–Crippen MR) is 178 cm³/mol. The normalized spacial score (nSPS) is 16.4. The first kappa shape index (κ1) is 36.1. The van der Waals surface area contributed by atoms with Crippen LogP contribution in [0.5, 0.6) is 0 Å². The molecule has 1 unspecified atom stereocenters. The zero-order valence-corrected chi connectivity index (χ0v) is 27.6. The molecule has 2 heterocycles. The Morgan fingerprint density at radius 2 is 1.61 bits per heavy atom. The fraction of sp³-hybridized carbons (Fsp3) is 0.371. The summed E-state index contributed by atoms with van der Waals surface area (Å²) in [6.45, 7) is 1.80. The Morgan fingerprint density at radius 1 is 1.00 bits per heavy atom. The number of hydrogen-bond acceptors (Lipinski definition) is 6. The number of benzene rings is 3. The van der Waals surface area contributed by atoms with Gasteiger partial charge >= 0.3 is 18.4 Å². The number of alkyl halides is 6. The summed E-state index contributed by atoms with van der Waals surface area (Å²) >= 11 is 1.55. The van der Waals surface area contributed by atoms with Crippen molar-refractivity contribution in [3.8, 4) is 0 Å². The predicted octanol–water partition coefficient (Wildman–Crippen LogP) is 8.56. The summed E-state index contributed by atoms with van der Waals surface area (Å²) in [6, 6.07) is 17.4. The third-order valence-corrected chi connectivity index (χ3v) is 9.79. The number of oxime groups is 1. The smallest absolute Gasteiger partial charge is 0.399 e. The molecule has 1 aliphatic rings. The number of aliphatic hydroxyl groups is 1. The highest BCUT2D eigenvalue weighted by Gasteiger charge is 2.38. The molecule has 1 aromatic heterocycles. The molecule has 3 aromatic carbocycles. The average Bonchev–Trinajstić information content (AvgIpc) is 3.49. The third-order valence-electron chi connectivity index (χ3n) is 8.81. The van der Waals surface area contributed by atoms with Gasteiger partial charge in [-0.05, 0) is 72.0 Å². The van der Waals surface area contributed by atoms with Crippen LogP contribution < -0.4 is 5.32 Å². The van der Waals surface area contributed by atoms with E-state index in [9.17, 15) is 36.2 Å². The second kappa shape index (κ2) is 14.8. The zero-order chi connectivity index (χ0) is 35.4. The molecular formula is C35H36F6N4O3S. The molecule has 0 spiro atoms. The quantitative estimate of drug-likeness (QED) is 0.0985. The van der Waals surface area contributed by atoms with Crippen molar-refractivity contribution >= 4 is 38.9 Å². The molecule has 1 fully saturated rings. The van der Waals surface area contributed by atoms with Gasteiger partial charge in [0.2, 0.25) is 0 Å². The number of rotatable bonds is 10. The molecule has 49 heavy (non-hydrogen) atoms. The Morgan fingerprint density at radius 3 is 2.22 bits per heavy atom. The standard InChI is InChI=1S/C35H36F6N4O3S/c1-44(32(46)42-26-19-24(34(36,37)38)18-25(20-26)35(39,40)41)21-30(43-48-2)27(29-22-49-31-11-7-6-10-28(29)31)12-15-45-16-13-33(47,14-17-45)23-8-4-3-5-9-23/h3-11,18-20,22,27,47H,12-17,21H2,1-2H3,(H,42,46)/b43-30+. The van der Waals surface area contributed by atoms with Crippen LogP contribution in [0.25, 0.3) is 10.1 Å². The minimum absolute atomic E-state index is 0.00300. The van der Waals surface area contributed by atoms with Crippen molar-refractivity contribution in [3.05, 3.63) is 100 Å². The minimum atomic E-state index is -5.06. The van der Waals surface area contributed by atoms with Gasteiger partial charge in [-0.25, -0.2) is 4.79 Å². The lowest BCUT2D eigenvalue weighted by Crippen LogP contribution is -2.43. The number of hydrogen-bond donors (Lipinski definition) is 2. The number of thiophene rings is 1. The largest absolute Gasteiger partial charge is 0.416 e. The number of fused-ring (bicyclic) bond motifs is 1.